The Morgan fingerprint density at radius 3 is 2.85 bits per heavy atom. The number of nitrogens with zero attached hydrogens (tertiary/aromatic N) is 1. The number of carbonyl (C=O) groups is 1. The van der Waals surface area contributed by atoms with Crippen molar-refractivity contribution in [3.8, 4) is 17.2 Å². The number of amides is 1. The Bertz CT molecular complexity index is 811. The van der Waals surface area contributed by atoms with Gasteiger partial charge >= 0.3 is 0 Å². The van der Waals surface area contributed by atoms with Crippen molar-refractivity contribution in [2.45, 2.75) is 12.8 Å². The summed E-state index contributed by atoms with van der Waals surface area (Å²) in [7, 11) is 0. The molecule has 0 saturated carbocycles. The number of hydrogen-bond donors (Lipinski definition) is 0. The Labute approximate surface area is 163 Å². The zero-order valence-electron chi connectivity index (χ0n) is 15.0. The summed E-state index contributed by atoms with van der Waals surface area (Å²) in [5, 5.41) is 0.413. The SMILES string of the molecule is O=C(c1cc(Cl)c2c(c1)OCCO2)N1CCCC(COc2ccccc2)C1. The third-order valence-electron chi connectivity index (χ3n) is 4.88. The van der Waals surface area contributed by atoms with E-state index >= 15 is 0 Å². The van der Waals surface area contributed by atoms with Gasteiger partial charge in [0.25, 0.3) is 5.91 Å². The molecule has 142 valence electrons. The molecule has 5 nitrogen and oxygen atoms in total. The number of para-hydroxylation sites is 1. The highest BCUT2D eigenvalue weighted by molar-refractivity contribution is 6.32. The molecule has 2 aromatic rings. The van der Waals surface area contributed by atoms with Gasteiger partial charge in [0.1, 0.15) is 19.0 Å². The lowest BCUT2D eigenvalue weighted by Gasteiger charge is -2.33. The number of fused-ring (bicyclic) bond motifs is 1. The second-order valence-corrected chi connectivity index (χ2v) is 7.27. The number of benzene rings is 2. The Kier molecular flexibility index (Phi) is 5.39. The van der Waals surface area contributed by atoms with Crippen LogP contribution >= 0.6 is 11.6 Å². The Hall–Kier alpha value is -2.40. The molecular weight excluding hydrogens is 366 g/mol. The van der Waals surface area contributed by atoms with Crippen molar-refractivity contribution in [2.24, 2.45) is 5.92 Å². The maximum Gasteiger partial charge on any atom is 0.254 e. The Morgan fingerprint density at radius 2 is 2.00 bits per heavy atom. The van der Waals surface area contributed by atoms with E-state index in [-0.39, 0.29) is 5.91 Å². The summed E-state index contributed by atoms with van der Waals surface area (Å²) in [5.41, 5.74) is 0.536. The van der Waals surface area contributed by atoms with Gasteiger partial charge in [-0.2, -0.15) is 0 Å². The normalized spacial score (nSPS) is 18.9. The average Bonchev–Trinajstić information content (AvgIpc) is 2.73. The second kappa shape index (κ2) is 8.09. The van der Waals surface area contributed by atoms with E-state index in [2.05, 4.69) is 0 Å². The highest BCUT2D eigenvalue weighted by Gasteiger charge is 2.27. The molecule has 4 rings (SSSR count). The van der Waals surface area contributed by atoms with Crippen LogP contribution in [0, 0.1) is 5.92 Å². The third-order valence-corrected chi connectivity index (χ3v) is 5.16. The standard InChI is InChI=1S/C21H22ClNO4/c22-18-11-16(12-19-20(18)26-10-9-25-19)21(24)23-8-4-5-15(13-23)14-27-17-6-2-1-3-7-17/h1-3,6-7,11-12,15H,4-5,8-10,13-14H2. The van der Waals surface area contributed by atoms with Gasteiger partial charge < -0.3 is 19.1 Å². The van der Waals surface area contributed by atoms with E-state index in [1.807, 2.05) is 35.2 Å². The molecule has 0 N–H and O–H groups in total. The monoisotopic (exact) mass is 387 g/mol. The van der Waals surface area contributed by atoms with Gasteiger partial charge in [-0.3, -0.25) is 4.79 Å². The highest BCUT2D eigenvalue weighted by atomic mass is 35.5. The predicted molar refractivity (Wildman–Crippen MR) is 103 cm³/mol. The van der Waals surface area contributed by atoms with Crippen LogP contribution in [0.5, 0.6) is 17.2 Å². The van der Waals surface area contributed by atoms with Gasteiger partial charge in [-0.05, 0) is 37.1 Å². The minimum absolute atomic E-state index is 0.0294. The Balaban J connectivity index is 1.42. The predicted octanol–water partition coefficient (Wildman–Crippen LogP) is 4.04. The summed E-state index contributed by atoms with van der Waals surface area (Å²) in [6, 6.07) is 13.2. The lowest BCUT2D eigenvalue weighted by Crippen LogP contribution is -2.41. The summed E-state index contributed by atoms with van der Waals surface area (Å²) >= 11 is 6.28. The molecule has 27 heavy (non-hydrogen) atoms. The molecular formula is C21H22ClNO4. The van der Waals surface area contributed by atoms with E-state index in [4.69, 9.17) is 25.8 Å². The topological polar surface area (TPSA) is 48.0 Å². The average molecular weight is 388 g/mol. The lowest BCUT2D eigenvalue weighted by molar-refractivity contribution is 0.0632. The molecule has 0 radical (unpaired) electrons. The summed E-state index contributed by atoms with van der Waals surface area (Å²) in [5.74, 6) is 2.21. The third kappa shape index (κ3) is 4.14. The maximum atomic E-state index is 13.0. The summed E-state index contributed by atoms with van der Waals surface area (Å²) in [6.45, 7) is 2.96. The fraction of sp³-hybridized carbons (Fsp3) is 0.381. The van der Waals surface area contributed by atoms with E-state index in [9.17, 15) is 4.79 Å². The van der Waals surface area contributed by atoms with Crippen molar-refractivity contribution in [1.29, 1.82) is 0 Å². The highest BCUT2D eigenvalue weighted by Crippen LogP contribution is 2.38. The number of carbonyl (C=O) groups excluding carboxylic acids is 1. The fourth-order valence-electron chi connectivity index (χ4n) is 3.53. The summed E-state index contributed by atoms with van der Waals surface area (Å²) in [6.07, 6.45) is 2.02. The van der Waals surface area contributed by atoms with Crippen molar-refractivity contribution >= 4 is 17.5 Å². The number of halogens is 1. The minimum Gasteiger partial charge on any atom is -0.493 e. The Morgan fingerprint density at radius 1 is 1.19 bits per heavy atom. The van der Waals surface area contributed by atoms with Gasteiger partial charge in [-0.25, -0.2) is 0 Å². The quantitative estimate of drug-likeness (QED) is 0.794. The van der Waals surface area contributed by atoms with Crippen LogP contribution in [-0.4, -0.2) is 43.7 Å². The van der Waals surface area contributed by atoms with E-state index in [0.717, 1.165) is 25.1 Å². The van der Waals surface area contributed by atoms with Crippen LogP contribution in [0.25, 0.3) is 0 Å². The molecule has 6 heteroatoms. The molecule has 1 saturated heterocycles. The van der Waals surface area contributed by atoms with Crippen LogP contribution in [0.4, 0.5) is 0 Å². The van der Waals surface area contributed by atoms with E-state index < -0.39 is 0 Å². The van der Waals surface area contributed by atoms with Gasteiger partial charge in [0.05, 0.1) is 11.6 Å². The maximum absolute atomic E-state index is 13.0. The largest absolute Gasteiger partial charge is 0.493 e. The van der Waals surface area contributed by atoms with Crippen molar-refractivity contribution in [3.05, 3.63) is 53.1 Å². The fourth-order valence-corrected chi connectivity index (χ4v) is 3.80. The molecule has 2 heterocycles. The van der Waals surface area contributed by atoms with Crippen molar-refractivity contribution in [1.82, 2.24) is 4.90 Å². The molecule has 1 fully saturated rings. The zero-order chi connectivity index (χ0) is 18.6. The molecule has 2 aliphatic rings. The smallest absolute Gasteiger partial charge is 0.254 e. The van der Waals surface area contributed by atoms with Crippen LogP contribution in [0.3, 0.4) is 0 Å². The molecule has 2 aliphatic heterocycles. The van der Waals surface area contributed by atoms with E-state index in [1.54, 1.807) is 12.1 Å². The first-order valence-corrected chi connectivity index (χ1v) is 9.65. The van der Waals surface area contributed by atoms with Gasteiger partial charge in [0.2, 0.25) is 0 Å². The minimum atomic E-state index is -0.0294. The first-order chi connectivity index (χ1) is 13.2. The molecule has 0 aliphatic carbocycles. The van der Waals surface area contributed by atoms with E-state index in [1.165, 1.54) is 0 Å². The molecule has 2 aromatic carbocycles. The van der Waals surface area contributed by atoms with Crippen molar-refractivity contribution in [2.75, 3.05) is 32.9 Å². The molecule has 0 bridgehead atoms. The lowest BCUT2D eigenvalue weighted by atomic mass is 9.98. The second-order valence-electron chi connectivity index (χ2n) is 6.87. The van der Waals surface area contributed by atoms with Crippen LogP contribution < -0.4 is 14.2 Å². The van der Waals surface area contributed by atoms with Crippen LogP contribution in [0.15, 0.2) is 42.5 Å². The molecule has 1 atom stereocenters. The van der Waals surface area contributed by atoms with Crippen LogP contribution in [0.2, 0.25) is 5.02 Å². The van der Waals surface area contributed by atoms with Gasteiger partial charge in [0, 0.05) is 24.6 Å². The number of likely N-dealkylation sites (tertiary alicyclic amines) is 1. The number of rotatable bonds is 4. The van der Waals surface area contributed by atoms with E-state index in [0.29, 0.717) is 54.4 Å². The van der Waals surface area contributed by atoms with Crippen molar-refractivity contribution in [3.63, 3.8) is 0 Å². The zero-order valence-corrected chi connectivity index (χ0v) is 15.8. The summed E-state index contributed by atoms with van der Waals surface area (Å²) in [4.78, 5) is 14.9. The summed E-state index contributed by atoms with van der Waals surface area (Å²) < 4.78 is 17.0. The van der Waals surface area contributed by atoms with Gasteiger partial charge in [-0.15, -0.1) is 0 Å². The molecule has 0 spiro atoms. The number of piperidine rings is 1. The molecule has 1 unspecified atom stereocenters. The number of ether oxygens (including phenoxy) is 3. The first kappa shape index (κ1) is 18.0. The number of hydrogen-bond acceptors (Lipinski definition) is 4. The van der Waals surface area contributed by atoms with Crippen LogP contribution in [-0.2, 0) is 0 Å². The van der Waals surface area contributed by atoms with Crippen LogP contribution in [0.1, 0.15) is 23.2 Å². The molecule has 1 amide bonds. The van der Waals surface area contributed by atoms with Crippen molar-refractivity contribution < 1.29 is 19.0 Å². The first-order valence-electron chi connectivity index (χ1n) is 9.27. The molecule has 0 aromatic heterocycles. The van der Waals surface area contributed by atoms with Gasteiger partial charge in [0.15, 0.2) is 11.5 Å². The van der Waals surface area contributed by atoms with Gasteiger partial charge in [-0.1, -0.05) is 29.8 Å².